The van der Waals surface area contributed by atoms with Crippen molar-refractivity contribution in [2.75, 3.05) is 25.0 Å². The smallest absolute Gasteiger partial charge is 0.0426 e. The molecular formula is C15H23ClN2. The van der Waals surface area contributed by atoms with E-state index in [0.717, 1.165) is 24.7 Å². The zero-order chi connectivity index (χ0) is 13.2. The lowest BCUT2D eigenvalue weighted by molar-refractivity contribution is 0.293. The summed E-state index contributed by atoms with van der Waals surface area (Å²) in [5.41, 5.74) is 3.03. The van der Waals surface area contributed by atoms with Crippen molar-refractivity contribution in [1.29, 1.82) is 0 Å². The van der Waals surface area contributed by atoms with Crippen molar-refractivity contribution >= 4 is 17.3 Å². The fourth-order valence-corrected chi connectivity index (χ4v) is 2.97. The summed E-state index contributed by atoms with van der Waals surface area (Å²) in [4.78, 5) is 2.49. The van der Waals surface area contributed by atoms with Gasteiger partial charge in [0.25, 0.3) is 0 Å². The summed E-state index contributed by atoms with van der Waals surface area (Å²) >= 11 is 6.16. The van der Waals surface area contributed by atoms with Gasteiger partial charge in [-0.25, -0.2) is 0 Å². The number of nitrogens with zero attached hydrogens (tertiary/aromatic N) is 1. The third-order valence-corrected chi connectivity index (χ3v) is 3.89. The molecule has 0 spiro atoms. The van der Waals surface area contributed by atoms with E-state index >= 15 is 0 Å². The molecule has 0 aromatic heterocycles. The van der Waals surface area contributed by atoms with Gasteiger partial charge in [-0.1, -0.05) is 31.5 Å². The quantitative estimate of drug-likeness (QED) is 0.898. The highest BCUT2D eigenvalue weighted by atomic mass is 35.5. The van der Waals surface area contributed by atoms with Crippen LogP contribution in [0.4, 0.5) is 5.69 Å². The van der Waals surface area contributed by atoms with Crippen LogP contribution in [-0.2, 0) is 6.54 Å². The molecule has 1 heterocycles. The number of benzene rings is 1. The highest BCUT2D eigenvalue weighted by Crippen LogP contribution is 2.34. The fourth-order valence-electron chi connectivity index (χ4n) is 2.80. The molecular weight excluding hydrogens is 244 g/mol. The first-order valence-corrected chi connectivity index (χ1v) is 7.08. The summed E-state index contributed by atoms with van der Waals surface area (Å²) in [5, 5.41) is 4.06. The van der Waals surface area contributed by atoms with E-state index in [-0.39, 0.29) is 0 Å². The first-order valence-electron chi connectivity index (χ1n) is 6.70. The van der Waals surface area contributed by atoms with Crippen molar-refractivity contribution in [3.05, 3.63) is 28.8 Å². The monoisotopic (exact) mass is 266 g/mol. The molecule has 18 heavy (non-hydrogen) atoms. The summed E-state index contributed by atoms with van der Waals surface area (Å²) in [6.07, 6.45) is 2.57. The number of halogens is 1. The molecule has 1 aliphatic rings. The van der Waals surface area contributed by atoms with E-state index in [9.17, 15) is 0 Å². The summed E-state index contributed by atoms with van der Waals surface area (Å²) in [7, 11) is 1.98. The Bertz CT molecular complexity index is 415. The second-order valence-corrected chi connectivity index (χ2v) is 6.43. The van der Waals surface area contributed by atoms with Gasteiger partial charge in [0.05, 0.1) is 0 Å². The molecule has 100 valence electrons. The number of hydrogen-bond acceptors (Lipinski definition) is 2. The molecule has 1 aromatic carbocycles. The Morgan fingerprint density at radius 1 is 1.39 bits per heavy atom. The van der Waals surface area contributed by atoms with Crippen molar-refractivity contribution in [1.82, 2.24) is 5.32 Å². The Hall–Kier alpha value is -0.730. The Morgan fingerprint density at radius 3 is 2.83 bits per heavy atom. The van der Waals surface area contributed by atoms with Gasteiger partial charge in [-0.2, -0.15) is 0 Å². The van der Waals surface area contributed by atoms with Crippen LogP contribution in [-0.4, -0.2) is 20.1 Å². The fraction of sp³-hybridized carbons (Fsp3) is 0.600. The maximum atomic E-state index is 6.16. The number of rotatable bonds is 3. The molecule has 0 atom stereocenters. The molecule has 0 unspecified atom stereocenters. The lowest BCUT2D eigenvalue weighted by atomic mass is 9.84. The number of anilines is 1. The summed E-state index contributed by atoms with van der Waals surface area (Å²) in [5.74, 6) is 0. The molecule has 1 saturated heterocycles. The van der Waals surface area contributed by atoms with Gasteiger partial charge >= 0.3 is 0 Å². The SMILES string of the molecule is CNCc1ccc(Cl)cc1N1CCCC(C)(C)C1. The molecule has 1 aliphatic heterocycles. The van der Waals surface area contributed by atoms with Crippen LogP contribution in [0.15, 0.2) is 18.2 Å². The number of nitrogens with one attached hydrogen (secondary N) is 1. The molecule has 3 heteroatoms. The Morgan fingerprint density at radius 2 is 2.17 bits per heavy atom. The van der Waals surface area contributed by atoms with Crippen LogP contribution in [0.1, 0.15) is 32.3 Å². The van der Waals surface area contributed by atoms with E-state index < -0.39 is 0 Å². The standard InChI is InChI=1S/C15H23ClN2/c1-15(2)7-4-8-18(11-15)14-9-13(16)6-5-12(14)10-17-3/h5-6,9,17H,4,7-8,10-11H2,1-3H3. The zero-order valence-corrected chi connectivity index (χ0v) is 12.3. The number of hydrogen-bond donors (Lipinski definition) is 1. The van der Waals surface area contributed by atoms with Gasteiger partial charge in [-0.15, -0.1) is 0 Å². The molecule has 0 saturated carbocycles. The maximum Gasteiger partial charge on any atom is 0.0426 e. The van der Waals surface area contributed by atoms with Crippen LogP contribution >= 0.6 is 11.6 Å². The van der Waals surface area contributed by atoms with E-state index in [4.69, 9.17) is 11.6 Å². The van der Waals surface area contributed by atoms with Gasteiger partial charge in [-0.3, -0.25) is 0 Å². The third kappa shape index (κ3) is 3.18. The maximum absolute atomic E-state index is 6.16. The van der Waals surface area contributed by atoms with Crippen LogP contribution in [0.5, 0.6) is 0 Å². The minimum absolute atomic E-state index is 0.400. The van der Waals surface area contributed by atoms with Crippen LogP contribution in [0.3, 0.4) is 0 Å². The average Bonchev–Trinajstić information content (AvgIpc) is 2.30. The topological polar surface area (TPSA) is 15.3 Å². The second-order valence-electron chi connectivity index (χ2n) is 5.99. The van der Waals surface area contributed by atoms with Crippen LogP contribution in [0, 0.1) is 5.41 Å². The minimum atomic E-state index is 0.400. The first-order chi connectivity index (χ1) is 8.52. The van der Waals surface area contributed by atoms with E-state index in [1.54, 1.807) is 0 Å². The highest BCUT2D eigenvalue weighted by molar-refractivity contribution is 6.30. The van der Waals surface area contributed by atoms with Crippen molar-refractivity contribution in [2.45, 2.75) is 33.2 Å². The average molecular weight is 267 g/mol. The van der Waals surface area contributed by atoms with Crippen molar-refractivity contribution in [2.24, 2.45) is 5.41 Å². The Kier molecular flexibility index (Phi) is 4.18. The largest absolute Gasteiger partial charge is 0.371 e. The lowest BCUT2D eigenvalue weighted by Crippen LogP contribution is -2.40. The Labute approximate surface area is 115 Å². The van der Waals surface area contributed by atoms with Gasteiger partial charge in [0, 0.05) is 30.3 Å². The van der Waals surface area contributed by atoms with Gasteiger partial charge in [0.2, 0.25) is 0 Å². The summed E-state index contributed by atoms with van der Waals surface area (Å²) < 4.78 is 0. The van der Waals surface area contributed by atoms with Crippen molar-refractivity contribution in [3.8, 4) is 0 Å². The van der Waals surface area contributed by atoms with E-state index in [1.165, 1.54) is 24.1 Å². The van der Waals surface area contributed by atoms with E-state index in [1.807, 2.05) is 13.1 Å². The molecule has 1 aromatic rings. The summed E-state index contributed by atoms with van der Waals surface area (Å²) in [6, 6.07) is 6.22. The highest BCUT2D eigenvalue weighted by Gasteiger charge is 2.27. The van der Waals surface area contributed by atoms with E-state index in [2.05, 4.69) is 36.2 Å². The summed E-state index contributed by atoms with van der Waals surface area (Å²) in [6.45, 7) is 7.84. The molecule has 0 bridgehead atoms. The third-order valence-electron chi connectivity index (χ3n) is 3.66. The normalized spacial score (nSPS) is 19.0. The molecule has 0 aliphatic carbocycles. The van der Waals surface area contributed by atoms with Gasteiger partial charge in [0.1, 0.15) is 0 Å². The van der Waals surface area contributed by atoms with Crippen LogP contribution in [0.2, 0.25) is 5.02 Å². The molecule has 1 N–H and O–H groups in total. The zero-order valence-electron chi connectivity index (χ0n) is 11.6. The minimum Gasteiger partial charge on any atom is -0.371 e. The van der Waals surface area contributed by atoms with E-state index in [0.29, 0.717) is 5.41 Å². The van der Waals surface area contributed by atoms with Crippen LogP contribution < -0.4 is 10.2 Å². The second kappa shape index (κ2) is 5.50. The van der Waals surface area contributed by atoms with Crippen molar-refractivity contribution in [3.63, 3.8) is 0 Å². The van der Waals surface area contributed by atoms with Crippen molar-refractivity contribution < 1.29 is 0 Å². The molecule has 0 radical (unpaired) electrons. The first kappa shape index (κ1) is 13.7. The predicted molar refractivity (Wildman–Crippen MR) is 79.4 cm³/mol. The van der Waals surface area contributed by atoms with Gasteiger partial charge < -0.3 is 10.2 Å². The van der Waals surface area contributed by atoms with Gasteiger partial charge in [-0.05, 0) is 43.0 Å². The number of piperidine rings is 1. The molecule has 1 fully saturated rings. The lowest BCUT2D eigenvalue weighted by Gasteiger charge is -2.40. The predicted octanol–water partition coefficient (Wildman–Crippen LogP) is 3.69. The molecule has 2 rings (SSSR count). The Balaban J connectivity index is 2.28. The molecule has 0 amide bonds. The van der Waals surface area contributed by atoms with Gasteiger partial charge in [0.15, 0.2) is 0 Å². The molecule has 2 nitrogen and oxygen atoms in total. The van der Waals surface area contributed by atoms with Crippen LogP contribution in [0.25, 0.3) is 0 Å².